The summed E-state index contributed by atoms with van der Waals surface area (Å²) in [6, 6.07) is 6.47. The molecule has 0 aromatic heterocycles. The minimum Gasteiger partial charge on any atom is -0.353 e. The molecule has 0 saturated heterocycles. The topological polar surface area (TPSA) is 41.1 Å². The molecule has 0 heterocycles. The van der Waals surface area contributed by atoms with Gasteiger partial charge in [-0.1, -0.05) is 25.5 Å². The molecule has 1 rings (SSSR count). The number of rotatable bonds is 7. The van der Waals surface area contributed by atoms with E-state index >= 15 is 0 Å². The van der Waals surface area contributed by atoms with Crippen molar-refractivity contribution in [1.82, 2.24) is 10.6 Å². The van der Waals surface area contributed by atoms with E-state index in [1.165, 1.54) is 12.1 Å². The zero-order valence-electron chi connectivity index (χ0n) is 11.0. The summed E-state index contributed by atoms with van der Waals surface area (Å²) in [7, 11) is 0. The summed E-state index contributed by atoms with van der Waals surface area (Å²) < 4.78 is 12.7. The molecule has 100 valence electrons. The van der Waals surface area contributed by atoms with Gasteiger partial charge in [-0.15, -0.1) is 0 Å². The van der Waals surface area contributed by atoms with Crippen molar-refractivity contribution in [3.8, 4) is 0 Å². The van der Waals surface area contributed by atoms with Gasteiger partial charge in [-0.25, -0.2) is 4.39 Å². The Hall–Kier alpha value is -1.42. The number of nitrogens with one attached hydrogen (secondary N) is 2. The largest absolute Gasteiger partial charge is 0.353 e. The molecule has 0 fully saturated rings. The van der Waals surface area contributed by atoms with Crippen molar-refractivity contribution in [1.29, 1.82) is 0 Å². The number of hydrogen-bond donors (Lipinski definition) is 2. The highest BCUT2D eigenvalue weighted by Crippen LogP contribution is 2.01. The third-order valence-corrected chi connectivity index (χ3v) is 2.66. The van der Waals surface area contributed by atoms with Crippen LogP contribution in [-0.4, -0.2) is 18.5 Å². The lowest BCUT2D eigenvalue weighted by molar-refractivity contribution is -0.120. The summed E-state index contributed by atoms with van der Waals surface area (Å²) in [5, 5.41) is 5.95. The lowest BCUT2D eigenvalue weighted by Gasteiger charge is -2.13. The molecular weight excluding hydrogens is 231 g/mol. The number of halogens is 1. The zero-order valence-corrected chi connectivity index (χ0v) is 11.0. The van der Waals surface area contributed by atoms with Crippen LogP contribution in [0.4, 0.5) is 4.39 Å². The van der Waals surface area contributed by atoms with Crippen molar-refractivity contribution < 1.29 is 9.18 Å². The molecule has 0 aliphatic rings. The van der Waals surface area contributed by atoms with E-state index < -0.39 is 0 Å². The van der Waals surface area contributed by atoms with Gasteiger partial charge < -0.3 is 10.6 Å². The van der Waals surface area contributed by atoms with Crippen molar-refractivity contribution in [3.05, 3.63) is 35.6 Å². The molecule has 0 aliphatic heterocycles. The van der Waals surface area contributed by atoms with Gasteiger partial charge in [-0.3, -0.25) is 4.79 Å². The van der Waals surface area contributed by atoms with Gasteiger partial charge in [-0.05, 0) is 31.0 Å². The minimum absolute atomic E-state index is 0.00179. The second kappa shape index (κ2) is 7.82. The molecule has 0 bridgehead atoms. The van der Waals surface area contributed by atoms with Crippen LogP contribution in [0, 0.1) is 5.82 Å². The molecular formula is C14H21FN2O. The van der Waals surface area contributed by atoms with Gasteiger partial charge in [-0.2, -0.15) is 0 Å². The van der Waals surface area contributed by atoms with Crippen LogP contribution in [0.3, 0.4) is 0 Å². The Morgan fingerprint density at radius 3 is 2.61 bits per heavy atom. The summed E-state index contributed by atoms with van der Waals surface area (Å²) in [5.41, 5.74) is 0.964. The fourth-order valence-electron chi connectivity index (χ4n) is 1.75. The van der Waals surface area contributed by atoms with E-state index in [1.54, 1.807) is 12.1 Å². The Balaban J connectivity index is 2.21. The molecule has 0 aliphatic carbocycles. The van der Waals surface area contributed by atoms with Crippen LogP contribution in [0.5, 0.6) is 0 Å². The second-order valence-corrected chi connectivity index (χ2v) is 4.49. The maximum absolute atomic E-state index is 12.7. The Morgan fingerprint density at radius 1 is 1.33 bits per heavy atom. The van der Waals surface area contributed by atoms with Crippen LogP contribution in [0.2, 0.25) is 0 Å². The first-order valence-corrected chi connectivity index (χ1v) is 6.36. The lowest BCUT2D eigenvalue weighted by Crippen LogP contribution is -2.38. The Bertz CT molecular complexity index is 365. The lowest BCUT2D eigenvalue weighted by atomic mass is 10.2. The van der Waals surface area contributed by atoms with Crippen molar-refractivity contribution >= 4 is 5.91 Å². The van der Waals surface area contributed by atoms with Crippen molar-refractivity contribution in [2.45, 2.75) is 39.3 Å². The van der Waals surface area contributed by atoms with Crippen LogP contribution < -0.4 is 10.6 Å². The summed E-state index contributed by atoms with van der Waals surface area (Å²) in [6.07, 6.45) is 2.05. The van der Waals surface area contributed by atoms with E-state index in [1.807, 2.05) is 6.92 Å². The van der Waals surface area contributed by atoms with Crippen LogP contribution in [-0.2, 0) is 11.3 Å². The summed E-state index contributed by atoms with van der Waals surface area (Å²) >= 11 is 0. The van der Waals surface area contributed by atoms with Gasteiger partial charge in [0, 0.05) is 12.6 Å². The molecule has 1 aromatic carbocycles. The first kappa shape index (κ1) is 14.6. The SMILES string of the molecule is CCCC(C)NC(=O)CNCc1ccc(F)cc1. The first-order chi connectivity index (χ1) is 8.61. The Labute approximate surface area is 108 Å². The summed E-state index contributed by atoms with van der Waals surface area (Å²) in [6.45, 7) is 4.94. The average molecular weight is 252 g/mol. The Morgan fingerprint density at radius 2 is 2.00 bits per heavy atom. The fourth-order valence-corrected chi connectivity index (χ4v) is 1.75. The first-order valence-electron chi connectivity index (χ1n) is 6.36. The fraction of sp³-hybridized carbons (Fsp3) is 0.500. The quantitative estimate of drug-likeness (QED) is 0.781. The van der Waals surface area contributed by atoms with Gasteiger partial charge >= 0.3 is 0 Å². The van der Waals surface area contributed by atoms with Gasteiger partial charge in [0.2, 0.25) is 5.91 Å². The number of hydrogen-bond acceptors (Lipinski definition) is 2. The van der Waals surface area contributed by atoms with Gasteiger partial charge in [0.05, 0.1) is 6.54 Å². The molecule has 1 amide bonds. The number of amides is 1. The van der Waals surface area contributed by atoms with Crippen molar-refractivity contribution in [2.24, 2.45) is 0 Å². The van der Waals surface area contributed by atoms with Crippen LogP contribution >= 0.6 is 0 Å². The van der Waals surface area contributed by atoms with Crippen LogP contribution in [0.25, 0.3) is 0 Å². The molecule has 0 radical (unpaired) electrons. The van der Waals surface area contributed by atoms with E-state index in [9.17, 15) is 9.18 Å². The van der Waals surface area contributed by atoms with E-state index in [-0.39, 0.29) is 24.3 Å². The highest BCUT2D eigenvalue weighted by atomic mass is 19.1. The molecule has 1 atom stereocenters. The van der Waals surface area contributed by atoms with Crippen LogP contribution in [0.1, 0.15) is 32.3 Å². The molecule has 4 heteroatoms. The average Bonchev–Trinajstić information content (AvgIpc) is 2.32. The maximum Gasteiger partial charge on any atom is 0.234 e. The van der Waals surface area contributed by atoms with E-state index in [0.717, 1.165) is 18.4 Å². The van der Waals surface area contributed by atoms with Gasteiger partial charge in [0.15, 0.2) is 0 Å². The number of benzene rings is 1. The minimum atomic E-state index is -0.245. The molecule has 0 spiro atoms. The van der Waals surface area contributed by atoms with Gasteiger partial charge in [0.1, 0.15) is 5.82 Å². The number of carbonyl (C=O) groups excluding carboxylic acids is 1. The number of carbonyl (C=O) groups is 1. The van der Waals surface area contributed by atoms with Gasteiger partial charge in [0.25, 0.3) is 0 Å². The highest BCUT2D eigenvalue weighted by Gasteiger charge is 2.05. The molecule has 0 saturated carbocycles. The summed E-state index contributed by atoms with van der Waals surface area (Å²) in [5.74, 6) is -0.247. The van der Waals surface area contributed by atoms with Crippen LogP contribution in [0.15, 0.2) is 24.3 Å². The smallest absolute Gasteiger partial charge is 0.234 e. The molecule has 18 heavy (non-hydrogen) atoms. The standard InChI is InChI=1S/C14H21FN2O/c1-3-4-11(2)17-14(18)10-16-9-12-5-7-13(15)8-6-12/h5-8,11,16H,3-4,9-10H2,1-2H3,(H,17,18). The van der Waals surface area contributed by atoms with Crippen molar-refractivity contribution in [3.63, 3.8) is 0 Å². The predicted octanol–water partition coefficient (Wildman–Crippen LogP) is 2.22. The molecule has 1 unspecified atom stereocenters. The van der Waals surface area contributed by atoms with E-state index in [2.05, 4.69) is 17.6 Å². The highest BCUT2D eigenvalue weighted by molar-refractivity contribution is 5.78. The summed E-state index contributed by atoms with van der Waals surface area (Å²) in [4.78, 5) is 11.5. The third-order valence-electron chi connectivity index (χ3n) is 2.66. The third kappa shape index (κ3) is 5.77. The van der Waals surface area contributed by atoms with E-state index in [0.29, 0.717) is 6.54 Å². The molecule has 2 N–H and O–H groups in total. The zero-order chi connectivity index (χ0) is 13.4. The van der Waals surface area contributed by atoms with Crippen molar-refractivity contribution in [2.75, 3.05) is 6.54 Å². The predicted molar refractivity (Wildman–Crippen MR) is 70.6 cm³/mol. The maximum atomic E-state index is 12.7. The second-order valence-electron chi connectivity index (χ2n) is 4.49. The Kier molecular flexibility index (Phi) is 6.36. The monoisotopic (exact) mass is 252 g/mol. The van der Waals surface area contributed by atoms with E-state index in [4.69, 9.17) is 0 Å². The molecule has 3 nitrogen and oxygen atoms in total. The normalized spacial score (nSPS) is 12.2. The molecule has 1 aromatic rings.